The second kappa shape index (κ2) is 52.9. The summed E-state index contributed by atoms with van der Waals surface area (Å²) in [5.41, 5.74) is 0. The van der Waals surface area contributed by atoms with Gasteiger partial charge < -0.3 is 14.2 Å². The number of carbonyl (C=O) groups excluding carboxylic acids is 2. The number of hydrogen-bond acceptors (Lipinski definition) is 5. The summed E-state index contributed by atoms with van der Waals surface area (Å²) in [5.74, 6) is -0.423. The van der Waals surface area contributed by atoms with Crippen molar-refractivity contribution in [1.29, 1.82) is 0 Å². The number of hydrogen-bond donors (Lipinski definition) is 0. The number of rotatable bonds is 49. The molecule has 0 aliphatic rings. The zero-order chi connectivity index (χ0) is 44.9. The molecule has 0 bridgehead atoms. The zero-order valence-corrected chi connectivity index (χ0v) is 41.4. The van der Waals surface area contributed by atoms with Gasteiger partial charge in [-0.3, -0.25) is 9.59 Å². The van der Waals surface area contributed by atoms with Crippen LogP contribution in [0, 0.1) is 0 Å². The van der Waals surface area contributed by atoms with Gasteiger partial charge in [0.05, 0.1) is 6.61 Å². The van der Waals surface area contributed by atoms with Gasteiger partial charge in [0.1, 0.15) is 6.61 Å². The number of carbonyl (C=O) groups is 2. The molecule has 0 aromatic rings. The summed E-state index contributed by atoms with van der Waals surface area (Å²) in [7, 11) is 0. The van der Waals surface area contributed by atoms with E-state index in [-0.39, 0.29) is 25.2 Å². The Hall–Kier alpha value is -2.40. The summed E-state index contributed by atoms with van der Waals surface area (Å²) in [6.45, 7) is 7.69. The fraction of sp³-hybridized carbons (Fsp3) is 0.789. The van der Waals surface area contributed by atoms with Crippen LogP contribution in [0.15, 0.2) is 60.8 Å². The molecular weight excluding hydrogens is 765 g/mol. The van der Waals surface area contributed by atoms with Crippen molar-refractivity contribution in [1.82, 2.24) is 0 Å². The van der Waals surface area contributed by atoms with Gasteiger partial charge in [0, 0.05) is 19.4 Å². The lowest BCUT2D eigenvalue weighted by atomic mass is 10.1. The van der Waals surface area contributed by atoms with Crippen LogP contribution in [0.3, 0.4) is 0 Å². The van der Waals surface area contributed by atoms with E-state index in [4.69, 9.17) is 14.2 Å². The molecule has 0 fully saturated rings. The van der Waals surface area contributed by atoms with Crippen LogP contribution in [0.4, 0.5) is 0 Å². The van der Waals surface area contributed by atoms with Gasteiger partial charge in [-0.1, -0.05) is 210 Å². The predicted molar refractivity (Wildman–Crippen MR) is 270 cm³/mol. The molecule has 0 saturated carbocycles. The van der Waals surface area contributed by atoms with Crippen molar-refractivity contribution < 1.29 is 23.8 Å². The molecule has 5 nitrogen and oxygen atoms in total. The van der Waals surface area contributed by atoms with Gasteiger partial charge in [0.15, 0.2) is 6.10 Å². The first-order valence-electron chi connectivity index (χ1n) is 26.8. The van der Waals surface area contributed by atoms with Crippen LogP contribution >= 0.6 is 0 Å². The van der Waals surface area contributed by atoms with Crippen LogP contribution in [0.1, 0.15) is 265 Å². The Bertz CT molecular complexity index is 1070. The van der Waals surface area contributed by atoms with Crippen LogP contribution in [-0.4, -0.2) is 37.9 Å². The van der Waals surface area contributed by atoms with Crippen molar-refractivity contribution in [2.24, 2.45) is 0 Å². The molecule has 0 aliphatic carbocycles. The Labute approximate surface area is 385 Å². The maximum atomic E-state index is 12.8. The predicted octanol–water partition coefficient (Wildman–Crippen LogP) is 18.1. The van der Waals surface area contributed by atoms with Gasteiger partial charge in [0.2, 0.25) is 0 Å². The molecule has 0 spiro atoms. The van der Waals surface area contributed by atoms with Gasteiger partial charge in [-0.15, -0.1) is 0 Å². The SMILES string of the molecule is CC/C=C\C/C=C\C/C=C\CCCCCCCC(=O)OCC(COCCCCCCCC/C=C\CCCCCCCC)OC(=O)CCCCCCC/C=C\CCCCCCCC. The molecule has 1 atom stereocenters. The van der Waals surface area contributed by atoms with E-state index in [1.165, 1.54) is 148 Å². The molecule has 0 aromatic carbocycles. The number of unbranched alkanes of at least 4 members (excludes halogenated alkanes) is 28. The summed E-state index contributed by atoms with van der Waals surface area (Å²) >= 11 is 0. The third-order valence-corrected chi connectivity index (χ3v) is 11.5. The van der Waals surface area contributed by atoms with E-state index >= 15 is 0 Å². The highest BCUT2D eigenvalue weighted by Gasteiger charge is 2.17. The number of allylic oxidation sites excluding steroid dienone is 10. The number of esters is 2. The maximum absolute atomic E-state index is 12.8. The van der Waals surface area contributed by atoms with Crippen LogP contribution in [0.25, 0.3) is 0 Å². The smallest absolute Gasteiger partial charge is 0.306 e. The fourth-order valence-electron chi connectivity index (χ4n) is 7.51. The summed E-state index contributed by atoms with van der Waals surface area (Å²) in [6.07, 6.45) is 66.6. The third kappa shape index (κ3) is 50.2. The lowest BCUT2D eigenvalue weighted by molar-refractivity contribution is -0.163. The van der Waals surface area contributed by atoms with E-state index in [9.17, 15) is 9.59 Å². The first kappa shape index (κ1) is 59.6. The average Bonchev–Trinajstić information content (AvgIpc) is 3.27. The summed E-state index contributed by atoms with van der Waals surface area (Å²) in [5, 5.41) is 0. The average molecular weight is 867 g/mol. The molecule has 0 N–H and O–H groups in total. The Morgan fingerprint density at radius 1 is 0.371 bits per heavy atom. The Morgan fingerprint density at radius 3 is 1.18 bits per heavy atom. The van der Waals surface area contributed by atoms with E-state index in [2.05, 4.69) is 81.5 Å². The Morgan fingerprint density at radius 2 is 0.726 bits per heavy atom. The van der Waals surface area contributed by atoms with Crippen LogP contribution < -0.4 is 0 Å². The van der Waals surface area contributed by atoms with E-state index in [1.807, 2.05) is 0 Å². The first-order valence-corrected chi connectivity index (χ1v) is 26.8. The topological polar surface area (TPSA) is 61.8 Å². The molecule has 0 amide bonds. The van der Waals surface area contributed by atoms with Crippen molar-refractivity contribution in [3.8, 4) is 0 Å². The largest absolute Gasteiger partial charge is 0.462 e. The lowest BCUT2D eigenvalue weighted by Crippen LogP contribution is -2.30. The summed E-state index contributed by atoms with van der Waals surface area (Å²) in [6, 6.07) is 0. The molecule has 62 heavy (non-hydrogen) atoms. The van der Waals surface area contributed by atoms with Crippen molar-refractivity contribution in [3.63, 3.8) is 0 Å². The monoisotopic (exact) mass is 867 g/mol. The summed E-state index contributed by atoms with van der Waals surface area (Å²) < 4.78 is 17.4. The van der Waals surface area contributed by atoms with E-state index in [1.54, 1.807) is 0 Å². The van der Waals surface area contributed by atoms with E-state index in [0.29, 0.717) is 19.4 Å². The minimum atomic E-state index is -0.551. The van der Waals surface area contributed by atoms with Gasteiger partial charge in [0.25, 0.3) is 0 Å². The van der Waals surface area contributed by atoms with Crippen LogP contribution in [-0.2, 0) is 23.8 Å². The molecule has 0 saturated heterocycles. The second-order valence-corrected chi connectivity index (χ2v) is 17.7. The van der Waals surface area contributed by atoms with E-state index in [0.717, 1.165) is 83.5 Å². The molecule has 360 valence electrons. The van der Waals surface area contributed by atoms with Gasteiger partial charge in [-0.05, 0) is 103 Å². The van der Waals surface area contributed by atoms with Crippen molar-refractivity contribution in [2.45, 2.75) is 271 Å². The van der Waals surface area contributed by atoms with Crippen molar-refractivity contribution in [3.05, 3.63) is 60.8 Å². The third-order valence-electron chi connectivity index (χ3n) is 11.5. The Kier molecular flexibility index (Phi) is 50.9. The van der Waals surface area contributed by atoms with Crippen molar-refractivity contribution >= 4 is 11.9 Å². The molecule has 0 rings (SSSR count). The minimum Gasteiger partial charge on any atom is -0.462 e. The summed E-state index contributed by atoms with van der Waals surface area (Å²) in [4.78, 5) is 25.4. The van der Waals surface area contributed by atoms with Crippen LogP contribution in [0.2, 0.25) is 0 Å². The van der Waals surface area contributed by atoms with Gasteiger partial charge in [-0.25, -0.2) is 0 Å². The quantitative estimate of drug-likeness (QED) is 0.0346. The van der Waals surface area contributed by atoms with Gasteiger partial charge in [-0.2, -0.15) is 0 Å². The highest BCUT2D eigenvalue weighted by atomic mass is 16.6. The first-order chi connectivity index (χ1) is 30.6. The van der Waals surface area contributed by atoms with Crippen LogP contribution in [0.5, 0.6) is 0 Å². The molecule has 0 aromatic heterocycles. The Balaban J connectivity index is 4.31. The molecule has 0 radical (unpaired) electrons. The molecule has 1 unspecified atom stereocenters. The highest BCUT2D eigenvalue weighted by molar-refractivity contribution is 5.70. The molecule has 0 aliphatic heterocycles. The standard InChI is InChI=1S/C57H102O5/c1-4-7-10-13-16-19-22-25-28-31-34-37-40-43-46-49-52-60-53-55(62-57(59)51-48-45-42-39-36-33-30-27-24-21-18-15-12-9-6-3)54-61-56(58)50-47-44-41-38-35-32-29-26-23-20-17-14-11-8-5-2/h8,11,17,20,25-30,55H,4-7,9-10,12-16,18-19,21-24,31-54H2,1-3H3/b11-8-,20-17-,28-25-,29-26-,30-27-. The normalized spacial score (nSPS) is 12.6. The lowest BCUT2D eigenvalue weighted by Gasteiger charge is -2.18. The highest BCUT2D eigenvalue weighted by Crippen LogP contribution is 2.14. The molecule has 5 heteroatoms. The number of ether oxygens (including phenoxy) is 3. The molecule has 0 heterocycles. The minimum absolute atomic E-state index is 0.0708. The maximum Gasteiger partial charge on any atom is 0.306 e. The van der Waals surface area contributed by atoms with Crippen molar-refractivity contribution in [2.75, 3.05) is 19.8 Å². The fourth-order valence-corrected chi connectivity index (χ4v) is 7.51. The van der Waals surface area contributed by atoms with E-state index < -0.39 is 6.10 Å². The van der Waals surface area contributed by atoms with Gasteiger partial charge >= 0.3 is 11.9 Å². The zero-order valence-electron chi connectivity index (χ0n) is 41.4. The second-order valence-electron chi connectivity index (χ2n) is 17.7. The molecular formula is C57H102O5.